The van der Waals surface area contributed by atoms with Crippen LogP contribution in [0.3, 0.4) is 0 Å². The van der Waals surface area contributed by atoms with Crippen LogP contribution in [-0.4, -0.2) is 17.6 Å². The number of hydrogen-bond donors (Lipinski definition) is 2. The standard InChI is InChI=1S/C12H17NO2/c1-3-4-7-13-10-6-5-9(2)11(8-10)12(14)15/h5-6,8,13H,3-4,7H2,1-2H3,(H,14,15). The number of carbonyl (C=O) groups is 1. The van der Waals surface area contributed by atoms with Crippen molar-refractivity contribution in [2.75, 3.05) is 11.9 Å². The Morgan fingerprint density at radius 3 is 2.80 bits per heavy atom. The number of aryl methyl sites for hydroxylation is 1. The van der Waals surface area contributed by atoms with Crippen LogP contribution < -0.4 is 5.32 Å². The van der Waals surface area contributed by atoms with Crippen LogP contribution in [0.1, 0.15) is 35.7 Å². The summed E-state index contributed by atoms with van der Waals surface area (Å²) in [5, 5.41) is 12.1. The van der Waals surface area contributed by atoms with E-state index in [1.165, 1.54) is 0 Å². The van der Waals surface area contributed by atoms with E-state index in [0.717, 1.165) is 30.6 Å². The molecule has 1 rings (SSSR count). The fraction of sp³-hybridized carbons (Fsp3) is 0.417. The normalized spacial score (nSPS) is 10.0. The zero-order chi connectivity index (χ0) is 11.3. The molecule has 0 heterocycles. The first kappa shape index (κ1) is 11.6. The maximum Gasteiger partial charge on any atom is 0.336 e. The largest absolute Gasteiger partial charge is 0.478 e. The molecule has 0 aromatic heterocycles. The number of anilines is 1. The number of hydrogen-bond acceptors (Lipinski definition) is 2. The van der Waals surface area contributed by atoms with Crippen LogP contribution in [0.15, 0.2) is 18.2 Å². The van der Waals surface area contributed by atoms with Crippen LogP contribution in [0.4, 0.5) is 5.69 Å². The predicted molar refractivity (Wildman–Crippen MR) is 61.5 cm³/mol. The molecule has 0 radical (unpaired) electrons. The van der Waals surface area contributed by atoms with Crippen molar-refractivity contribution in [1.82, 2.24) is 0 Å². The lowest BCUT2D eigenvalue weighted by molar-refractivity contribution is 0.0696. The fourth-order valence-electron chi connectivity index (χ4n) is 1.37. The minimum atomic E-state index is -0.869. The van der Waals surface area contributed by atoms with Crippen molar-refractivity contribution in [3.8, 4) is 0 Å². The quantitative estimate of drug-likeness (QED) is 0.730. The Kier molecular flexibility index (Phi) is 4.16. The molecule has 0 unspecified atom stereocenters. The van der Waals surface area contributed by atoms with Crippen molar-refractivity contribution in [3.05, 3.63) is 29.3 Å². The highest BCUT2D eigenvalue weighted by Crippen LogP contribution is 2.15. The Labute approximate surface area is 90.1 Å². The van der Waals surface area contributed by atoms with Gasteiger partial charge in [0.15, 0.2) is 0 Å². The molecular weight excluding hydrogens is 190 g/mol. The molecule has 82 valence electrons. The molecule has 2 N–H and O–H groups in total. The fourth-order valence-corrected chi connectivity index (χ4v) is 1.37. The first-order valence-electron chi connectivity index (χ1n) is 5.23. The van der Waals surface area contributed by atoms with Crippen molar-refractivity contribution in [3.63, 3.8) is 0 Å². The first-order chi connectivity index (χ1) is 7.15. The molecule has 0 aliphatic rings. The first-order valence-corrected chi connectivity index (χ1v) is 5.23. The lowest BCUT2D eigenvalue weighted by Gasteiger charge is -2.07. The van der Waals surface area contributed by atoms with Crippen LogP contribution in [0.5, 0.6) is 0 Å². The number of carboxylic acid groups (broad SMARTS) is 1. The van der Waals surface area contributed by atoms with Crippen molar-refractivity contribution < 1.29 is 9.90 Å². The van der Waals surface area contributed by atoms with E-state index >= 15 is 0 Å². The molecule has 0 saturated carbocycles. The van der Waals surface area contributed by atoms with Crippen LogP contribution in [-0.2, 0) is 0 Å². The van der Waals surface area contributed by atoms with Gasteiger partial charge in [0, 0.05) is 12.2 Å². The van der Waals surface area contributed by atoms with Crippen LogP contribution >= 0.6 is 0 Å². The van der Waals surface area contributed by atoms with Gasteiger partial charge in [-0.3, -0.25) is 0 Å². The van der Waals surface area contributed by atoms with Gasteiger partial charge >= 0.3 is 5.97 Å². The minimum absolute atomic E-state index is 0.372. The number of benzene rings is 1. The second-order valence-corrected chi connectivity index (χ2v) is 3.62. The zero-order valence-corrected chi connectivity index (χ0v) is 9.21. The van der Waals surface area contributed by atoms with Gasteiger partial charge in [0.05, 0.1) is 5.56 Å². The molecule has 0 aliphatic heterocycles. The highest BCUT2D eigenvalue weighted by molar-refractivity contribution is 5.90. The summed E-state index contributed by atoms with van der Waals surface area (Å²) in [6.45, 7) is 4.82. The third-order valence-electron chi connectivity index (χ3n) is 2.33. The average molecular weight is 207 g/mol. The Bertz CT molecular complexity index is 347. The zero-order valence-electron chi connectivity index (χ0n) is 9.21. The molecule has 0 saturated heterocycles. The Morgan fingerprint density at radius 1 is 1.47 bits per heavy atom. The third-order valence-corrected chi connectivity index (χ3v) is 2.33. The SMILES string of the molecule is CCCCNc1ccc(C)c(C(=O)O)c1. The Hall–Kier alpha value is -1.51. The van der Waals surface area contributed by atoms with Crippen LogP contribution in [0.2, 0.25) is 0 Å². The van der Waals surface area contributed by atoms with Gasteiger partial charge < -0.3 is 10.4 Å². The maximum atomic E-state index is 10.9. The van der Waals surface area contributed by atoms with Gasteiger partial charge in [-0.05, 0) is 31.0 Å². The summed E-state index contributed by atoms with van der Waals surface area (Å²) >= 11 is 0. The van der Waals surface area contributed by atoms with E-state index < -0.39 is 5.97 Å². The third kappa shape index (κ3) is 3.27. The van der Waals surface area contributed by atoms with Crippen molar-refractivity contribution in [2.24, 2.45) is 0 Å². The van der Waals surface area contributed by atoms with Gasteiger partial charge in [0.25, 0.3) is 0 Å². The van der Waals surface area contributed by atoms with E-state index in [1.807, 2.05) is 12.1 Å². The minimum Gasteiger partial charge on any atom is -0.478 e. The molecule has 0 amide bonds. The molecule has 3 heteroatoms. The molecule has 0 atom stereocenters. The number of aromatic carboxylic acids is 1. The Balaban J connectivity index is 2.74. The summed E-state index contributed by atoms with van der Waals surface area (Å²) in [7, 11) is 0. The van der Waals surface area contributed by atoms with E-state index in [2.05, 4.69) is 12.2 Å². The summed E-state index contributed by atoms with van der Waals surface area (Å²) in [4.78, 5) is 10.9. The van der Waals surface area contributed by atoms with Crippen LogP contribution in [0, 0.1) is 6.92 Å². The topological polar surface area (TPSA) is 49.3 Å². The number of rotatable bonds is 5. The van der Waals surface area contributed by atoms with Gasteiger partial charge in [-0.25, -0.2) is 4.79 Å². The number of carboxylic acids is 1. The van der Waals surface area contributed by atoms with E-state index in [1.54, 1.807) is 13.0 Å². The van der Waals surface area contributed by atoms with Gasteiger partial charge in [0.1, 0.15) is 0 Å². The second kappa shape index (κ2) is 5.39. The highest BCUT2D eigenvalue weighted by atomic mass is 16.4. The summed E-state index contributed by atoms with van der Waals surface area (Å²) in [6.07, 6.45) is 2.22. The van der Waals surface area contributed by atoms with Gasteiger partial charge in [-0.1, -0.05) is 19.4 Å². The summed E-state index contributed by atoms with van der Waals surface area (Å²) in [6, 6.07) is 5.43. The van der Waals surface area contributed by atoms with Crippen molar-refractivity contribution in [2.45, 2.75) is 26.7 Å². The summed E-state index contributed by atoms with van der Waals surface area (Å²) in [5.41, 5.74) is 2.05. The smallest absolute Gasteiger partial charge is 0.336 e. The van der Waals surface area contributed by atoms with Gasteiger partial charge in [0.2, 0.25) is 0 Å². The van der Waals surface area contributed by atoms with E-state index in [0.29, 0.717) is 5.56 Å². The molecule has 15 heavy (non-hydrogen) atoms. The van der Waals surface area contributed by atoms with E-state index in [4.69, 9.17) is 5.11 Å². The molecular formula is C12H17NO2. The Morgan fingerprint density at radius 2 is 2.20 bits per heavy atom. The van der Waals surface area contributed by atoms with Gasteiger partial charge in [-0.2, -0.15) is 0 Å². The van der Waals surface area contributed by atoms with Crippen LogP contribution in [0.25, 0.3) is 0 Å². The summed E-state index contributed by atoms with van der Waals surface area (Å²) < 4.78 is 0. The maximum absolute atomic E-state index is 10.9. The summed E-state index contributed by atoms with van der Waals surface area (Å²) in [5.74, 6) is -0.869. The monoisotopic (exact) mass is 207 g/mol. The molecule has 3 nitrogen and oxygen atoms in total. The molecule has 0 spiro atoms. The molecule has 1 aromatic rings. The van der Waals surface area contributed by atoms with Gasteiger partial charge in [-0.15, -0.1) is 0 Å². The average Bonchev–Trinajstić information content (AvgIpc) is 2.20. The second-order valence-electron chi connectivity index (χ2n) is 3.62. The van der Waals surface area contributed by atoms with Crippen molar-refractivity contribution >= 4 is 11.7 Å². The molecule has 1 aromatic carbocycles. The van der Waals surface area contributed by atoms with E-state index in [-0.39, 0.29) is 0 Å². The molecule has 0 fully saturated rings. The lowest BCUT2D eigenvalue weighted by atomic mass is 10.1. The number of unbranched alkanes of at least 4 members (excludes halogenated alkanes) is 1. The van der Waals surface area contributed by atoms with Crippen molar-refractivity contribution in [1.29, 1.82) is 0 Å². The number of nitrogens with one attached hydrogen (secondary N) is 1. The predicted octanol–water partition coefficient (Wildman–Crippen LogP) is 2.91. The van der Waals surface area contributed by atoms with E-state index in [9.17, 15) is 4.79 Å². The molecule has 0 aliphatic carbocycles. The molecule has 0 bridgehead atoms. The highest BCUT2D eigenvalue weighted by Gasteiger charge is 2.07. The lowest BCUT2D eigenvalue weighted by Crippen LogP contribution is -2.04.